The van der Waals surface area contributed by atoms with Crippen molar-refractivity contribution in [3.63, 3.8) is 0 Å². The van der Waals surface area contributed by atoms with Crippen LogP contribution in [0.3, 0.4) is 0 Å². The Morgan fingerprint density at radius 1 is 1.69 bits per heavy atom. The van der Waals surface area contributed by atoms with Crippen LogP contribution in [0.2, 0.25) is 0 Å². The summed E-state index contributed by atoms with van der Waals surface area (Å²) < 4.78 is 7.01. The maximum Gasteiger partial charge on any atom is 0.222 e. The highest BCUT2D eigenvalue weighted by molar-refractivity contribution is 5.76. The zero-order valence-corrected chi connectivity index (χ0v) is 9.77. The molecule has 0 aromatic carbocycles. The second kappa shape index (κ2) is 6.30. The molecule has 0 spiro atoms. The molecule has 1 rings (SSSR count). The Morgan fingerprint density at radius 2 is 2.44 bits per heavy atom. The SMILES string of the molecule is COC(CN)CC(=O)NCc1cccn1C. The Balaban J connectivity index is 2.33. The molecule has 90 valence electrons. The van der Waals surface area contributed by atoms with Gasteiger partial charge in [0.25, 0.3) is 0 Å². The number of aromatic nitrogens is 1. The first kappa shape index (κ1) is 12.7. The number of rotatable bonds is 6. The molecule has 0 aliphatic heterocycles. The average molecular weight is 225 g/mol. The molecule has 5 heteroatoms. The molecule has 3 N–H and O–H groups in total. The van der Waals surface area contributed by atoms with Crippen LogP contribution in [-0.2, 0) is 23.1 Å². The van der Waals surface area contributed by atoms with E-state index in [0.717, 1.165) is 5.69 Å². The van der Waals surface area contributed by atoms with E-state index in [9.17, 15) is 4.79 Å². The molecule has 1 aromatic heterocycles. The van der Waals surface area contributed by atoms with Gasteiger partial charge in [-0.3, -0.25) is 4.79 Å². The zero-order valence-electron chi connectivity index (χ0n) is 9.77. The third-order valence-electron chi connectivity index (χ3n) is 2.53. The average Bonchev–Trinajstić information content (AvgIpc) is 2.69. The molecule has 1 amide bonds. The number of hydrogen-bond donors (Lipinski definition) is 2. The molecule has 1 unspecified atom stereocenters. The van der Waals surface area contributed by atoms with Crippen molar-refractivity contribution in [3.8, 4) is 0 Å². The Labute approximate surface area is 95.6 Å². The zero-order chi connectivity index (χ0) is 12.0. The van der Waals surface area contributed by atoms with Crippen LogP contribution in [0.1, 0.15) is 12.1 Å². The maximum absolute atomic E-state index is 11.5. The number of ether oxygens (including phenoxy) is 1. The van der Waals surface area contributed by atoms with Gasteiger partial charge in [0.15, 0.2) is 0 Å². The van der Waals surface area contributed by atoms with Crippen LogP contribution >= 0.6 is 0 Å². The highest BCUT2D eigenvalue weighted by Crippen LogP contribution is 2.00. The monoisotopic (exact) mass is 225 g/mol. The second-order valence-corrected chi connectivity index (χ2v) is 3.68. The number of hydrogen-bond acceptors (Lipinski definition) is 3. The summed E-state index contributed by atoms with van der Waals surface area (Å²) >= 11 is 0. The van der Waals surface area contributed by atoms with Gasteiger partial charge < -0.3 is 20.4 Å². The van der Waals surface area contributed by atoms with E-state index in [4.69, 9.17) is 10.5 Å². The summed E-state index contributed by atoms with van der Waals surface area (Å²) in [5.74, 6) is -0.0431. The third kappa shape index (κ3) is 3.67. The molecule has 16 heavy (non-hydrogen) atoms. The van der Waals surface area contributed by atoms with Gasteiger partial charge in [0.05, 0.1) is 19.1 Å². The second-order valence-electron chi connectivity index (χ2n) is 3.68. The fourth-order valence-electron chi connectivity index (χ4n) is 1.41. The lowest BCUT2D eigenvalue weighted by Gasteiger charge is -2.12. The van der Waals surface area contributed by atoms with Crippen molar-refractivity contribution in [3.05, 3.63) is 24.0 Å². The van der Waals surface area contributed by atoms with Crippen LogP contribution in [-0.4, -0.2) is 30.2 Å². The van der Waals surface area contributed by atoms with E-state index in [1.54, 1.807) is 7.11 Å². The van der Waals surface area contributed by atoms with E-state index < -0.39 is 0 Å². The van der Waals surface area contributed by atoms with Crippen molar-refractivity contribution in [2.24, 2.45) is 12.8 Å². The first-order valence-electron chi connectivity index (χ1n) is 5.27. The van der Waals surface area contributed by atoms with Crippen LogP contribution < -0.4 is 11.1 Å². The molecule has 1 atom stereocenters. The van der Waals surface area contributed by atoms with Crippen molar-refractivity contribution in [1.29, 1.82) is 0 Å². The Bertz CT molecular complexity index is 332. The molecule has 0 radical (unpaired) electrons. The summed E-state index contributed by atoms with van der Waals surface area (Å²) in [6.07, 6.45) is 2.05. The summed E-state index contributed by atoms with van der Waals surface area (Å²) in [6.45, 7) is 0.886. The van der Waals surface area contributed by atoms with E-state index in [1.807, 2.05) is 29.9 Å². The normalized spacial score (nSPS) is 12.4. The Kier molecular flexibility index (Phi) is 5.01. The van der Waals surface area contributed by atoms with Crippen molar-refractivity contribution < 1.29 is 9.53 Å². The predicted octanol–water partition coefficient (Wildman–Crippen LogP) is 0.00510. The number of methoxy groups -OCH3 is 1. The summed E-state index contributed by atoms with van der Waals surface area (Å²) in [7, 11) is 3.50. The topological polar surface area (TPSA) is 69.3 Å². The minimum Gasteiger partial charge on any atom is -0.380 e. The number of nitrogens with two attached hydrogens (primary N) is 1. The number of carbonyl (C=O) groups excluding carboxylic acids is 1. The predicted molar refractivity (Wildman–Crippen MR) is 61.7 cm³/mol. The van der Waals surface area contributed by atoms with Crippen LogP contribution in [0.15, 0.2) is 18.3 Å². The van der Waals surface area contributed by atoms with Gasteiger partial charge in [-0.05, 0) is 12.1 Å². The van der Waals surface area contributed by atoms with Gasteiger partial charge in [0.2, 0.25) is 5.91 Å². The molecule has 0 saturated carbocycles. The van der Waals surface area contributed by atoms with Gasteiger partial charge in [-0.25, -0.2) is 0 Å². The molecule has 0 aliphatic rings. The fraction of sp³-hybridized carbons (Fsp3) is 0.545. The van der Waals surface area contributed by atoms with E-state index in [1.165, 1.54) is 0 Å². The molecule has 1 heterocycles. The van der Waals surface area contributed by atoms with E-state index >= 15 is 0 Å². The van der Waals surface area contributed by atoms with Crippen LogP contribution in [0, 0.1) is 0 Å². The minimum atomic E-state index is -0.201. The van der Waals surface area contributed by atoms with Gasteiger partial charge >= 0.3 is 0 Å². The summed E-state index contributed by atoms with van der Waals surface area (Å²) in [5, 5.41) is 2.83. The molecule has 1 aromatic rings. The Hall–Kier alpha value is -1.33. The summed E-state index contributed by atoms with van der Waals surface area (Å²) in [4.78, 5) is 11.5. The number of aryl methyl sites for hydroxylation is 1. The largest absolute Gasteiger partial charge is 0.380 e. The van der Waals surface area contributed by atoms with E-state index in [-0.39, 0.29) is 12.0 Å². The number of carbonyl (C=O) groups is 1. The number of amides is 1. The van der Waals surface area contributed by atoms with Crippen LogP contribution in [0.5, 0.6) is 0 Å². The van der Waals surface area contributed by atoms with Gasteiger partial charge in [-0.2, -0.15) is 0 Å². The molecule has 0 saturated heterocycles. The summed E-state index contributed by atoms with van der Waals surface area (Å²) in [6, 6.07) is 3.91. The molecule has 5 nitrogen and oxygen atoms in total. The van der Waals surface area contributed by atoms with Crippen molar-refractivity contribution in [2.45, 2.75) is 19.1 Å². The third-order valence-corrected chi connectivity index (χ3v) is 2.53. The molecule has 0 aliphatic carbocycles. The van der Waals surface area contributed by atoms with Crippen LogP contribution in [0.4, 0.5) is 0 Å². The lowest BCUT2D eigenvalue weighted by atomic mass is 10.2. The lowest BCUT2D eigenvalue weighted by molar-refractivity contribution is -0.123. The lowest BCUT2D eigenvalue weighted by Crippen LogP contribution is -2.32. The molecular formula is C11H19N3O2. The molecule has 0 bridgehead atoms. The maximum atomic E-state index is 11.5. The van der Waals surface area contributed by atoms with E-state index in [2.05, 4.69) is 5.32 Å². The van der Waals surface area contributed by atoms with Crippen LogP contribution in [0.25, 0.3) is 0 Å². The highest BCUT2D eigenvalue weighted by Gasteiger charge is 2.11. The number of nitrogens with one attached hydrogen (secondary N) is 1. The summed E-state index contributed by atoms with van der Waals surface area (Å²) in [5.41, 5.74) is 6.50. The van der Waals surface area contributed by atoms with Crippen molar-refractivity contribution >= 4 is 5.91 Å². The van der Waals surface area contributed by atoms with Gasteiger partial charge in [-0.1, -0.05) is 0 Å². The quantitative estimate of drug-likeness (QED) is 0.716. The molecule has 0 fully saturated rings. The molecular weight excluding hydrogens is 206 g/mol. The standard InChI is InChI=1S/C11H19N3O2/c1-14-5-3-4-9(14)8-13-11(15)6-10(7-12)16-2/h3-5,10H,6-8,12H2,1-2H3,(H,13,15). The smallest absolute Gasteiger partial charge is 0.222 e. The van der Waals surface area contributed by atoms with E-state index in [0.29, 0.717) is 19.5 Å². The number of nitrogens with zero attached hydrogens (tertiary/aromatic N) is 1. The minimum absolute atomic E-state index is 0.0431. The first-order valence-corrected chi connectivity index (χ1v) is 5.27. The van der Waals surface area contributed by atoms with Gasteiger partial charge in [0, 0.05) is 32.6 Å². The Morgan fingerprint density at radius 3 is 2.94 bits per heavy atom. The van der Waals surface area contributed by atoms with Gasteiger partial charge in [-0.15, -0.1) is 0 Å². The fourth-order valence-corrected chi connectivity index (χ4v) is 1.41. The van der Waals surface area contributed by atoms with Crippen molar-refractivity contribution in [1.82, 2.24) is 9.88 Å². The van der Waals surface area contributed by atoms with Crippen molar-refractivity contribution in [2.75, 3.05) is 13.7 Å². The first-order chi connectivity index (χ1) is 7.67. The highest BCUT2D eigenvalue weighted by atomic mass is 16.5. The van der Waals surface area contributed by atoms with Gasteiger partial charge in [0.1, 0.15) is 0 Å².